The molecule has 0 aliphatic carbocycles. The van der Waals surface area contributed by atoms with Gasteiger partial charge in [0.05, 0.1) is 19.9 Å². The predicted molar refractivity (Wildman–Crippen MR) is 77.8 cm³/mol. The molecular weight excluding hydrogens is 254 g/mol. The van der Waals surface area contributed by atoms with E-state index in [-0.39, 0.29) is 0 Å². The zero-order chi connectivity index (χ0) is 14.5. The number of aliphatic hydroxyl groups excluding tert-OH is 1. The van der Waals surface area contributed by atoms with E-state index in [2.05, 4.69) is 10.00 Å². The molecule has 0 saturated carbocycles. The maximum Gasteiger partial charge on any atom is 0.163 e. The summed E-state index contributed by atoms with van der Waals surface area (Å²) < 4.78 is 7.12. The van der Waals surface area contributed by atoms with Crippen molar-refractivity contribution >= 4 is 0 Å². The number of likely N-dealkylation sites (N-methyl/N-ethyl adjacent to an activating group) is 1. The van der Waals surface area contributed by atoms with Crippen molar-refractivity contribution in [3.63, 3.8) is 0 Å². The highest BCUT2D eigenvalue weighted by Crippen LogP contribution is 2.29. The average molecular weight is 275 g/mol. The lowest BCUT2D eigenvalue weighted by molar-refractivity contribution is 0.200. The van der Waals surface area contributed by atoms with Crippen molar-refractivity contribution in [1.29, 1.82) is 0 Å². The first kappa shape index (κ1) is 14.6. The Morgan fingerprint density at radius 2 is 2.00 bits per heavy atom. The summed E-state index contributed by atoms with van der Waals surface area (Å²) in [5, 5.41) is 14.9. The van der Waals surface area contributed by atoms with Crippen LogP contribution in [0, 0.1) is 0 Å². The maximum atomic E-state index is 10.6. The standard InChI is InChI=1S/C15H21N3O2/c1-17(2)9-10-18-14(13(20-3)11-16-18)15(19)12-7-5-4-6-8-12/h4-8,11,15,19H,9-10H2,1-3H3. The molecule has 0 spiro atoms. The van der Waals surface area contributed by atoms with Gasteiger partial charge in [-0.25, -0.2) is 0 Å². The van der Waals surface area contributed by atoms with E-state index in [1.54, 1.807) is 18.0 Å². The van der Waals surface area contributed by atoms with Crippen molar-refractivity contribution < 1.29 is 9.84 Å². The average Bonchev–Trinajstić information content (AvgIpc) is 2.88. The summed E-state index contributed by atoms with van der Waals surface area (Å²) in [5.74, 6) is 0.611. The molecule has 1 aromatic heterocycles. The first-order chi connectivity index (χ1) is 9.63. The zero-order valence-corrected chi connectivity index (χ0v) is 12.2. The molecule has 5 heteroatoms. The third kappa shape index (κ3) is 3.18. The molecule has 0 bridgehead atoms. The van der Waals surface area contributed by atoms with Gasteiger partial charge in [0.25, 0.3) is 0 Å². The topological polar surface area (TPSA) is 50.5 Å². The molecule has 1 unspecified atom stereocenters. The lowest BCUT2D eigenvalue weighted by Crippen LogP contribution is -2.21. The Morgan fingerprint density at radius 1 is 1.30 bits per heavy atom. The van der Waals surface area contributed by atoms with Crippen LogP contribution in [0.3, 0.4) is 0 Å². The van der Waals surface area contributed by atoms with Crippen LogP contribution in [-0.4, -0.2) is 47.5 Å². The molecule has 2 aromatic rings. The number of rotatable bonds is 6. The molecule has 108 valence electrons. The Bertz CT molecular complexity index is 537. The van der Waals surface area contributed by atoms with E-state index in [9.17, 15) is 5.11 Å². The van der Waals surface area contributed by atoms with Gasteiger partial charge in [0.1, 0.15) is 11.8 Å². The second-order valence-electron chi connectivity index (χ2n) is 4.94. The summed E-state index contributed by atoms with van der Waals surface area (Å²) >= 11 is 0. The summed E-state index contributed by atoms with van der Waals surface area (Å²) in [4.78, 5) is 2.08. The summed E-state index contributed by atoms with van der Waals surface area (Å²) in [6.45, 7) is 1.55. The van der Waals surface area contributed by atoms with Crippen LogP contribution in [-0.2, 0) is 6.54 Å². The Kier molecular flexibility index (Phi) is 4.76. The fourth-order valence-electron chi connectivity index (χ4n) is 2.08. The summed E-state index contributed by atoms with van der Waals surface area (Å²) in [7, 11) is 5.61. The molecular formula is C15H21N3O2. The van der Waals surface area contributed by atoms with Crippen molar-refractivity contribution in [3.8, 4) is 5.75 Å². The van der Waals surface area contributed by atoms with Gasteiger partial charge >= 0.3 is 0 Å². The monoisotopic (exact) mass is 275 g/mol. The maximum absolute atomic E-state index is 10.6. The molecule has 0 aliphatic heterocycles. The van der Waals surface area contributed by atoms with Crippen molar-refractivity contribution in [2.45, 2.75) is 12.6 Å². The fourth-order valence-corrected chi connectivity index (χ4v) is 2.08. The quantitative estimate of drug-likeness (QED) is 0.868. The van der Waals surface area contributed by atoms with Crippen LogP contribution < -0.4 is 4.74 Å². The smallest absolute Gasteiger partial charge is 0.163 e. The van der Waals surface area contributed by atoms with Crippen LogP contribution in [0.5, 0.6) is 5.75 Å². The first-order valence-electron chi connectivity index (χ1n) is 6.61. The van der Waals surface area contributed by atoms with Gasteiger partial charge in [0, 0.05) is 6.54 Å². The molecule has 5 nitrogen and oxygen atoms in total. The Balaban J connectivity index is 2.30. The minimum absolute atomic E-state index is 0.611. The van der Waals surface area contributed by atoms with Crippen LogP contribution >= 0.6 is 0 Å². The fraction of sp³-hybridized carbons (Fsp3) is 0.400. The predicted octanol–water partition coefficient (Wildman–Crippen LogP) is 1.53. The highest BCUT2D eigenvalue weighted by atomic mass is 16.5. The third-order valence-corrected chi connectivity index (χ3v) is 3.20. The lowest BCUT2D eigenvalue weighted by atomic mass is 10.1. The molecule has 20 heavy (non-hydrogen) atoms. The van der Waals surface area contributed by atoms with Gasteiger partial charge in [-0.2, -0.15) is 5.10 Å². The van der Waals surface area contributed by atoms with Crippen LogP contribution in [0.25, 0.3) is 0 Å². The van der Waals surface area contributed by atoms with Crippen molar-refractivity contribution in [2.24, 2.45) is 0 Å². The minimum atomic E-state index is -0.740. The lowest BCUT2D eigenvalue weighted by Gasteiger charge is -2.17. The summed E-state index contributed by atoms with van der Waals surface area (Å²) in [6.07, 6.45) is 0.910. The highest BCUT2D eigenvalue weighted by Gasteiger charge is 2.21. The first-order valence-corrected chi connectivity index (χ1v) is 6.61. The van der Waals surface area contributed by atoms with Gasteiger partial charge in [-0.3, -0.25) is 4.68 Å². The van der Waals surface area contributed by atoms with Crippen LogP contribution in [0.4, 0.5) is 0 Å². The Morgan fingerprint density at radius 3 is 2.60 bits per heavy atom. The van der Waals surface area contributed by atoms with Crippen molar-refractivity contribution in [2.75, 3.05) is 27.7 Å². The van der Waals surface area contributed by atoms with E-state index >= 15 is 0 Å². The normalized spacial score (nSPS) is 12.7. The third-order valence-electron chi connectivity index (χ3n) is 3.20. The van der Waals surface area contributed by atoms with E-state index in [1.807, 2.05) is 44.4 Å². The van der Waals surface area contributed by atoms with Gasteiger partial charge in [-0.15, -0.1) is 0 Å². The molecule has 0 radical (unpaired) electrons. The van der Waals surface area contributed by atoms with Crippen molar-refractivity contribution in [3.05, 3.63) is 47.8 Å². The highest BCUT2D eigenvalue weighted by molar-refractivity contribution is 5.34. The molecule has 2 rings (SSSR count). The number of hydrogen-bond acceptors (Lipinski definition) is 4. The second kappa shape index (κ2) is 6.54. The molecule has 0 fully saturated rings. The number of methoxy groups -OCH3 is 1. The molecule has 1 heterocycles. The Hall–Kier alpha value is -1.85. The molecule has 0 saturated heterocycles. The molecule has 1 atom stereocenters. The molecule has 1 N–H and O–H groups in total. The van der Waals surface area contributed by atoms with Gasteiger partial charge in [0.2, 0.25) is 0 Å². The number of ether oxygens (including phenoxy) is 1. The van der Waals surface area contributed by atoms with Crippen LogP contribution in [0.1, 0.15) is 17.4 Å². The van der Waals surface area contributed by atoms with E-state index < -0.39 is 6.10 Å². The SMILES string of the molecule is COc1cnn(CCN(C)C)c1C(O)c1ccccc1. The van der Waals surface area contributed by atoms with Crippen LogP contribution in [0.2, 0.25) is 0 Å². The van der Waals surface area contributed by atoms with Gasteiger partial charge in [-0.05, 0) is 19.7 Å². The van der Waals surface area contributed by atoms with E-state index in [0.717, 1.165) is 12.1 Å². The van der Waals surface area contributed by atoms with E-state index in [4.69, 9.17) is 4.74 Å². The molecule has 0 amide bonds. The molecule has 0 aliphatic rings. The van der Waals surface area contributed by atoms with Gasteiger partial charge < -0.3 is 14.7 Å². The Labute approximate surface area is 119 Å². The second-order valence-corrected chi connectivity index (χ2v) is 4.94. The van der Waals surface area contributed by atoms with E-state index in [0.29, 0.717) is 18.0 Å². The summed E-state index contributed by atoms with van der Waals surface area (Å²) in [6, 6.07) is 9.54. The van der Waals surface area contributed by atoms with Crippen molar-refractivity contribution in [1.82, 2.24) is 14.7 Å². The number of aromatic nitrogens is 2. The van der Waals surface area contributed by atoms with Crippen LogP contribution in [0.15, 0.2) is 36.5 Å². The minimum Gasteiger partial charge on any atom is -0.493 e. The van der Waals surface area contributed by atoms with Gasteiger partial charge in [0.15, 0.2) is 5.75 Å². The number of benzene rings is 1. The van der Waals surface area contributed by atoms with Gasteiger partial charge in [-0.1, -0.05) is 30.3 Å². The summed E-state index contributed by atoms with van der Waals surface area (Å²) in [5.41, 5.74) is 1.53. The number of aliphatic hydroxyl groups is 1. The number of nitrogens with zero attached hydrogens (tertiary/aromatic N) is 3. The van der Waals surface area contributed by atoms with E-state index in [1.165, 1.54) is 0 Å². The molecule has 1 aromatic carbocycles. The number of hydrogen-bond donors (Lipinski definition) is 1. The largest absolute Gasteiger partial charge is 0.493 e. The zero-order valence-electron chi connectivity index (χ0n) is 12.2.